The third-order valence-corrected chi connectivity index (χ3v) is 4.99. The van der Waals surface area contributed by atoms with Crippen molar-refractivity contribution < 1.29 is 4.74 Å². The molecule has 1 fully saturated rings. The van der Waals surface area contributed by atoms with Gasteiger partial charge in [0, 0.05) is 17.7 Å². The smallest absolute Gasteiger partial charge is 0.0835 e. The highest BCUT2D eigenvalue weighted by molar-refractivity contribution is 6.31. The molecule has 2 N–H and O–H groups in total. The molecule has 20 heavy (non-hydrogen) atoms. The molecule has 1 aliphatic rings. The molecule has 1 aromatic carbocycles. The normalized spacial score (nSPS) is 28.3. The molecule has 1 atom stereocenters. The highest BCUT2D eigenvalue weighted by Crippen LogP contribution is 2.38. The first kappa shape index (κ1) is 15.8. The fourth-order valence-electron chi connectivity index (χ4n) is 3.25. The SMILES string of the molecule is CCOC1(C(N)Cc2ccccc2Cl)CCC(C)CC1. The minimum absolute atomic E-state index is 0.00912. The first-order valence-corrected chi connectivity index (χ1v) is 8.08. The van der Waals surface area contributed by atoms with Crippen LogP contribution in [0.3, 0.4) is 0 Å². The van der Waals surface area contributed by atoms with Crippen molar-refractivity contribution in [3.8, 4) is 0 Å². The van der Waals surface area contributed by atoms with E-state index in [2.05, 4.69) is 19.9 Å². The molecule has 112 valence electrons. The lowest BCUT2D eigenvalue weighted by Gasteiger charge is -2.43. The molecule has 0 aliphatic heterocycles. The fourth-order valence-corrected chi connectivity index (χ4v) is 3.46. The van der Waals surface area contributed by atoms with Gasteiger partial charge in [0.2, 0.25) is 0 Å². The van der Waals surface area contributed by atoms with E-state index in [1.54, 1.807) is 0 Å². The number of rotatable bonds is 5. The minimum atomic E-state index is -0.166. The zero-order chi connectivity index (χ0) is 14.6. The van der Waals surface area contributed by atoms with Crippen molar-refractivity contribution in [1.29, 1.82) is 0 Å². The molecule has 0 spiro atoms. The van der Waals surface area contributed by atoms with Gasteiger partial charge in [-0.05, 0) is 56.6 Å². The molecular formula is C17H26ClNO. The molecule has 3 heteroatoms. The van der Waals surface area contributed by atoms with Gasteiger partial charge < -0.3 is 10.5 Å². The van der Waals surface area contributed by atoms with Gasteiger partial charge in [0.05, 0.1) is 5.60 Å². The second-order valence-corrected chi connectivity index (χ2v) is 6.49. The summed E-state index contributed by atoms with van der Waals surface area (Å²) in [4.78, 5) is 0. The number of benzene rings is 1. The zero-order valence-electron chi connectivity index (χ0n) is 12.6. The van der Waals surface area contributed by atoms with Gasteiger partial charge in [-0.25, -0.2) is 0 Å². The number of nitrogens with two attached hydrogens (primary N) is 1. The number of halogens is 1. The second kappa shape index (κ2) is 6.93. The largest absolute Gasteiger partial charge is 0.374 e. The quantitative estimate of drug-likeness (QED) is 0.884. The lowest BCUT2D eigenvalue weighted by Crippen LogP contribution is -2.53. The van der Waals surface area contributed by atoms with E-state index in [1.807, 2.05) is 18.2 Å². The van der Waals surface area contributed by atoms with E-state index in [9.17, 15) is 0 Å². The van der Waals surface area contributed by atoms with Crippen molar-refractivity contribution >= 4 is 11.6 Å². The predicted molar refractivity (Wildman–Crippen MR) is 85.1 cm³/mol. The lowest BCUT2D eigenvalue weighted by atomic mass is 9.74. The second-order valence-electron chi connectivity index (χ2n) is 6.08. The van der Waals surface area contributed by atoms with Crippen LogP contribution in [0.1, 0.15) is 45.1 Å². The molecule has 0 saturated heterocycles. The Hall–Kier alpha value is -0.570. The van der Waals surface area contributed by atoms with E-state index in [0.717, 1.165) is 42.4 Å². The summed E-state index contributed by atoms with van der Waals surface area (Å²) in [5, 5.41) is 0.804. The van der Waals surface area contributed by atoms with Crippen LogP contribution in [-0.2, 0) is 11.2 Å². The van der Waals surface area contributed by atoms with E-state index in [-0.39, 0.29) is 11.6 Å². The Bertz CT molecular complexity index is 427. The third kappa shape index (κ3) is 3.55. The molecule has 1 aromatic rings. The number of hydrogen-bond acceptors (Lipinski definition) is 2. The Labute approximate surface area is 127 Å². The molecule has 0 heterocycles. The Balaban J connectivity index is 2.11. The Morgan fingerprint density at radius 1 is 1.35 bits per heavy atom. The van der Waals surface area contributed by atoms with E-state index < -0.39 is 0 Å². The monoisotopic (exact) mass is 295 g/mol. The zero-order valence-corrected chi connectivity index (χ0v) is 13.3. The number of ether oxygens (including phenoxy) is 1. The van der Waals surface area contributed by atoms with Crippen LogP contribution in [0.5, 0.6) is 0 Å². The van der Waals surface area contributed by atoms with Gasteiger partial charge >= 0.3 is 0 Å². The summed E-state index contributed by atoms with van der Waals surface area (Å²) in [5.74, 6) is 0.788. The Morgan fingerprint density at radius 3 is 2.60 bits per heavy atom. The highest BCUT2D eigenvalue weighted by Gasteiger charge is 2.40. The Kier molecular flexibility index (Phi) is 5.48. The summed E-state index contributed by atoms with van der Waals surface area (Å²) in [7, 11) is 0. The van der Waals surface area contributed by atoms with E-state index in [0.29, 0.717) is 0 Å². The highest BCUT2D eigenvalue weighted by atomic mass is 35.5. The van der Waals surface area contributed by atoms with E-state index in [1.165, 1.54) is 12.8 Å². The summed E-state index contributed by atoms with van der Waals surface area (Å²) in [6.45, 7) is 5.10. The number of hydrogen-bond donors (Lipinski definition) is 1. The van der Waals surface area contributed by atoms with Crippen LogP contribution < -0.4 is 5.73 Å². The van der Waals surface area contributed by atoms with Crippen LogP contribution in [0.4, 0.5) is 0 Å². The lowest BCUT2D eigenvalue weighted by molar-refractivity contribution is -0.0883. The summed E-state index contributed by atoms with van der Waals surface area (Å²) < 4.78 is 6.12. The third-order valence-electron chi connectivity index (χ3n) is 4.63. The van der Waals surface area contributed by atoms with Gasteiger partial charge in [-0.2, -0.15) is 0 Å². The molecule has 0 radical (unpaired) electrons. The predicted octanol–water partition coefficient (Wildman–Crippen LogP) is 4.20. The van der Waals surface area contributed by atoms with E-state index in [4.69, 9.17) is 22.1 Å². The van der Waals surface area contributed by atoms with Crippen LogP contribution >= 0.6 is 11.6 Å². The van der Waals surface area contributed by atoms with Gasteiger partial charge in [0.25, 0.3) is 0 Å². The van der Waals surface area contributed by atoms with Gasteiger partial charge in [0.15, 0.2) is 0 Å². The first-order valence-electron chi connectivity index (χ1n) is 7.70. The molecule has 1 aliphatic carbocycles. The van der Waals surface area contributed by atoms with Crippen molar-refractivity contribution in [1.82, 2.24) is 0 Å². The average molecular weight is 296 g/mol. The van der Waals surface area contributed by atoms with Gasteiger partial charge in [0.1, 0.15) is 0 Å². The summed E-state index contributed by atoms with van der Waals surface area (Å²) in [6.07, 6.45) is 5.32. The average Bonchev–Trinajstić information content (AvgIpc) is 2.44. The standard InChI is InChI=1S/C17H26ClNO/c1-3-20-17(10-8-13(2)9-11-17)16(19)12-14-6-4-5-7-15(14)18/h4-7,13,16H,3,8-12,19H2,1-2H3. The van der Waals surface area contributed by atoms with Gasteiger partial charge in [-0.15, -0.1) is 0 Å². The van der Waals surface area contributed by atoms with Gasteiger partial charge in [-0.1, -0.05) is 36.7 Å². The maximum absolute atomic E-state index is 6.53. The molecule has 0 bridgehead atoms. The molecular weight excluding hydrogens is 270 g/mol. The van der Waals surface area contributed by atoms with Crippen LogP contribution in [0.25, 0.3) is 0 Å². The van der Waals surface area contributed by atoms with Crippen molar-refractivity contribution in [2.24, 2.45) is 11.7 Å². The van der Waals surface area contributed by atoms with Crippen LogP contribution in [0.2, 0.25) is 5.02 Å². The molecule has 2 nitrogen and oxygen atoms in total. The van der Waals surface area contributed by atoms with Crippen LogP contribution in [-0.4, -0.2) is 18.2 Å². The molecule has 1 saturated carbocycles. The van der Waals surface area contributed by atoms with Crippen LogP contribution in [0, 0.1) is 5.92 Å². The molecule has 2 rings (SSSR count). The van der Waals surface area contributed by atoms with Crippen LogP contribution in [0.15, 0.2) is 24.3 Å². The van der Waals surface area contributed by atoms with Crippen molar-refractivity contribution in [3.63, 3.8) is 0 Å². The van der Waals surface area contributed by atoms with Crippen molar-refractivity contribution in [2.45, 2.75) is 57.6 Å². The summed E-state index contributed by atoms with van der Waals surface area (Å²) >= 11 is 6.26. The van der Waals surface area contributed by atoms with Crippen molar-refractivity contribution in [3.05, 3.63) is 34.9 Å². The summed E-state index contributed by atoms with van der Waals surface area (Å²) in [5.41, 5.74) is 7.49. The fraction of sp³-hybridized carbons (Fsp3) is 0.647. The van der Waals surface area contributed by atoms with Crippen molar-refractivity contribution in [2.75, 3.05) is 6.61 Å². The van der Waals surface area contributed by atoms with Gasteiger partial charge in [-0.3, -0.25) is 0 Å². The molecule has 0 aromatic heterocycles. The topological polar surface area (TPSA) is 35.2 Å². The maximum Gasteiger partial charge on any atom is 0.0835 e. The molecule has 0 amide bonds. The van der Waals surface area contributed by atoms with E-state index >= 15 is 0 Å². The summed E-state index contributed by atoms with van der Waals surface area (Å²) in [6, 6.07) is 7.98. The Morgan fingerprint density at radius 2 is 2.00 bits per heavy atom. The minimum Gasteiger partial charge on any atom is -0.374 e. The maximum atomic E-state index is 6.53. The molecule has 1 unspecified atom stereocenters. The first-order chi connectivity index (χ1) is 9.57.